The Morgan fingerprint density at radius 3 is 1.73 bits per heavy atom. The molecule has 2 aromatic carbocycles. The number of amides is 2. The van der Waals surface area contributed by atoms with E-state index in [4.69, 9.17) is 4.74 Å². The van der Waals surface area contributed by atoms with Gasteiger partial charge in [-0.3, -0.25) is 9.59 Å². The zero-order chi connectivity index (χ0) is 18.9. The number of carbonyl (C=O) groups excluding carboxylic acids is 4. The van der Waals surface area contributed by atoms with Crippen molar-refractivity contribution < 1.29 is 23.9 Å². The minimum atomic E-state index is -0.757. The first kappa shape index (κ1) is 18.9. The zero-order valence-electron chi connectivity index (χ0n) is 14.2. The predicted octanol–water partition coefficient (Wildman–Crippen LogP) is 1.57. The molecule has 134 valence electrons. The monoisotopic (exact) mass is 354 g/mol. The van der Waals surface area contributed by atoms with Crippen LogP contribution in [-0.2, 0) is 27.4 Å². The van der Waals surface area contributed by atoms with Crippen LogP contribution in [0.25, 0.3) is 0 Å². The Hall–Kier alpha value is -3.48. The summed E-state index contributed by atoms with van der Waals surface area (Å²) in [4.78, 5) is 45.2. The van der Waals surface area contributed by atoms with Crippen molar-refractivity contribution >= 4 is 24.3 Å². The zero-order valence-corrected chi connectivity index (χ0v) is 14.2. The Morgan fingerprint density at radius 1 is 0.846 bits per heavy atom. The smallest absolute Gasteiger partial charge is 0.346 e. The molecule has 2 amide bonds. The Kier molecular flexibility index (Phi) is 6.61. The molecular formula is C19H18N2O5. The first-order valence-electron chi connectivity index (χ1n) is 7.85. The van der Waals surface area contributed by atoms with Gasteiger partial charge in [0, 0.05) is 20.0 Å². The summed E-state index contributed by atoms with van der Waals surface area (Å²) in [6, 6.07) is 12.8. The summed E-state index contributed by atoms with van der Waals surface area (Å²) in [5.41, 5.74) is 2.10. The van der Waals surface area contributed by atoms with Crippen LogP contribution in [0.15, 0.2) is 48.5 Å². The van der Waals surface area contributed by atoms with E-state index in [1.54, 1.807) is 24.3 Å². The third-order valence-corrected chi connectivity index (χ3v) is 3.50. The summed E-state index contributed by atoms with van der Waals surface area (Å²) in [5, 5.41) is 5.16. The van der Waals surface area contributed by atoms with Gasteiger partial charge in [0.15, 0.2) is 0 Å². The average Bonchev–Trinajstić information content (AvgIpc) is 2.65. The van der Waals surface area contributed by atoms with E-state index in [0.29, 0.717) is 19.5 Å². The number of hydrogen-bond donors (Lipinski definition) is 2. The predicted molar refractivity (Wildman–Crippen MR) is 93.1 cm³/mol. The molecule has 0 saturated carbocycles. The van der Waals surface area contributed by atoms with Crippen LogP contribution in [-0.4, -0.2) is 24.3 Å². The highest BCUT2D eigenvalue weighted by Gasteiger charge is 2.15. The molecule has 0 aliphatic heterocycles. The van der Waals surface area contributed by atoms with Crippen molar-refractivity contribution in [1.82, 2.24) is 10.6 Å². The van der Waals surface area contributed by atoms with Gasteiger partial charge >= 0.3 is 11.9 Å². The lowest BCUT2D eigenvalue weighted by atomic mass is 10.1. The quantitative estimate of drug-likeness (QED) is 0.446. The highest BCUT2D eigenvalue weighted by Crippen LogP contribution is 2.10. The Balaban J connectivity index is 1.94. The molecule has 0 aliphatic rings. The van der Waals surface area contributed by atoms with Gasteiger partial charge in [0.05, 0.1) is 11.1 Å². The Labute approximate surface area is 150 Å². The summed E-state index contributed by atoms with van der Waals surface area (Å²) in [6.45, 7) is 2.13. The van der Waals surface area contributed by atoms with Gasteiger partial charge in [-0.05, 0) is 35.4 Å². The summed E-state index contributed by atoms with van der Waals surface area (Å²) in [5.74, 6) is -1.66. The molecule has 7 heteroatoms. The molecule has 26 heavy (non-hydrogen) atoms. The Bertz CT molecular complexity index is 798. The summed E-state index contributed by atoms with van der Waals surface area (Å²) in [7, 11) is 0. The van der Waals surface area contributed by atoms with Crippen molar-refractivity contribution in [3.63, 3.8) is 0 Å². The van der Waals surface area contributed by atoms with Crippen LogP contribution in [0.2, 0.25) is 0 Å². The fraction of sp³-hybridized carbons (Fsp3) is 0.158. The Morgan fingerprint density at radius 2 is 1.31 bits per heavy atom. The number of carbonyl (C=O) groups is 4. The van der Waals surface area contributed by atoms with Crippen LogP contribution in [0, 0.1) is 0 Å². The van der Waals surface area contributed by atoms with Crippen molar-refractivity contribution in [2.45, 2.75) is 20.0 Å². The minimum absolute atomic E-state index is 0.146. The van der Waals surface area contributed by atoms with Gasteiger partial charge in [-0.1, -0.05) is 24.3 Å². The van der Waals surface area contributed by atoms with Crippen LogP contribution in [0.1, 0.15) is 38.8 Å². The van der Waals surface area contributed by atoms with E-state index in [1.165, 1.54) is 31.2 Å². The molecule has 0 fully saturated rings. The molecule has 0 radical (unpaired) electrons. The van der Waals surface area contributed by atoms with Crippen LogP contribution in [0.4, 0.5) is 0 Å². The first-order chi connectivity index (χ1) is 12.5. The molecule has 0 aromatic heterocycles. The van der Waals surface area contributed by atoms with E-state index >= 15 is 0 Å². The number of benzene rings is 2. The van der Waals surface area contributed by atoms with E-state index in [1.807, 2.05) is 0 Å². The second-order valence-electron chi connectivity index (χ2n) is 5.48. The summed E-state index contributed by atoms with van der Waals surface area (Å²) >= 11 is 0. The van der Waals surface area contributed by atoms with Crippen LogP contribution < -0.4 is 10.6 Å². The molecule has 0 aliphatic carbocycles. The first-order valence-corrected chi connectivity index (χ1v) is 7.85. The number of ether oxygens (including phenoxy) is 1. The number of hydrogen-bond acceptors (Lipinski definition) is 5. The van der Waals surface area contributed by atoms with Gasteiger partial charge in [-0.15, -0.1) is 0 Å². The van der Waals surface area contributed by atoms with Crippen molar-refractivity contribution in [1.29, 1.82) is 0 Å². The minimum Gasteiger partial charge on any atom is -0.386 e. The summed E-state index contributed by atoms with van der Waals surface area (Å²) < 4.78 is 4.86. The van der Waals surface area contributed by atoms with Crippen molar-refractivity contribution in [3.8, 4) is 0 Å². The molecule has 0 saturated heterocycles. The van der Waals surface area contributed by atoms with Crippen LogP contribution in [0.5, 0.6) is 0 Å². The maximum absolute atomic E-state index is 12.1. The highest BCUT2D eigenvalue weighted by atomic mass is 16.6. The third kappa shape index (κ3) is 5.55. The number of nitrogens with one attached hydrogen (secondary N) is 2. The molecule has 7 nitrogen and oxygen atoms in total. The SMILES string of the molecule is CC(=O)NCc1ccc(C(=O)OC(=O)c2ccc(CNC=O)cc2)cc1. The lowest BCUT2D eigenvalue weighted by molar-refractivity contribution is -0.119. The standard InChI is InChI=1S/C19H18N2O5/c1-13(23)21-11-15-4-8-17(9-5-15)19(25)26-18(24)16-6-2-14(3-7-16)10-20-12-22/h2-9,12H,10-11H2,1H3,(H,20,22)(H,21,23). The number of rotatable bonds is 7. The lowest BCUT2D eigenvalue weighted by Crippen LogP contribution is -2.19. The molecule has 0 heterocycles. The van der Waals surface area contributed by atoms with Crippen molar-refractivity contribution in [2.75, 3.05) is 0 Å². The molecule has 0 spiro atoms. The fourth-order valence-corrected chi connectivity index (χ4v) is 2.11. The van der Waals surface area contributed by atoms with Gasteiger partial charge in [0.1, 0.15) is 0 Å². The number of esters is 2. The molecule has 2 aromatic rings. The van der Waals surface area contributed by atoms with Crippen LogP contribution >= 0.6 is 0 Å². The van der Waals surface area contributed by atoms with Gasteiger partial charge in [-0.25, -0.2) is 9.59 Å². The molecular weight excluding hydrogens is 336 g/mol. The van der Waals surface area contributed by atoms with E-state index in [2.05, 4.69) is 10.6 Å². The second-order valence-corrected chi connectivity index (χ2v) is 5.48. The van der Waals surface area contributed by atoms with E-state index in [-0.39, 0.29) is 17.0 Å². The normalized spacial score (nSPS) is 9.88. The van der Waals surface area contributed by atoms with Gasteiger partial charge in [0.2, 0.25) is 12.3 Å². The van der Waals surface area contributed by atoms with Gasteiger partial charge in [0.25, 0.3) is 0 Å². The summed E-state index contributed by atoms with van der Waals surface area (Å²) in [6.07, 6.45) is 0.586. The molecule has 0 bridgehead atoms. The maximum atomic E-state index is 12.1. The average molecular weight is 354 g/mol. The van der Waals surface area contributed by atoms with E-state index < -0.39 is 11.9 Å². The largest absolute Gasteiger partial charge is 0.386 e. The lowest BCUT2D eigenvalue weighted by Gasteiger charge is -2.06. The van der Waals surface area contributed by atoms with Gasteiger partial charge < -0.3 is 15.4 Å². The molecule has 2 N–H and O–H groups in total. The second kappa shape index (κ2) is 9.12. The van der Waals surface area contributed by atoms with Crippen LogP contribution in [0.3, 0.4) is 0 Å². The van der Waals surface area contributed by atoms with Gasteiger partial charge in [-0.2, -0.15) is 0 Å². The third-order valence-electron chi connectivity index (χ3n) is 3.50. The molecule has 0 unspecified atom stereocenters. The van der Waals surface area contributed by atoms with E-state index in [0.717, 1.165) is 11.1 Å². The highest BCUT2D eigenvalue weighted by molar-refractivity contribution is 6.02. The van der Waals surface area contributed by atoms with Crippen molar-refractivity contribution in [2.24, 2.45) is 0 Å². The fourth-order valence-electron chi connectivity index (χ4n) is 2.11. The topological polar surface area (TPSA) is 102 Å². The molecule has 0 atom stereocenters. The molecule has 2 rings (SSSR count). The van der Waals surface area contributed by atoms with E-state index in [9.17, 15) is 19.2 Å². The maximum Gasteiger partial charge on any atom is 0.346 e. The van der Waals surface area contributed by atoms with Crippen molar-refractivity contribution in [3.05, 3.63) is 70.8 Å².